The average Bonchev–Trinajstić information content (AvgIpc) is 2.83. The summed E-state index contributed by atoms with van der Waals surface area (Å²) in [6.07, 6.45) is 12.7. The molecule has 0 bridgehead atoms. The molecule has 0 saturated heterocycles. The first-order valence-corrected chi connectivity index (χ1v) is 7.57. The molecule has 1 aromatic heterocycles. The van der Waals surface area contributed by atoms with E-state index in [1.165, 1.54) is 64.2 Å². The van der Waals surface area contributed by atoms with Crippen LogP contribution >= 0.6 is 0 Å². The summed E-state index contributed by atoms with van der Waals surface area (Å²) in [5.41, 5.74) is 1.15. The van der Waals surface area contributed by atoms with Crippen LogP contribution in [0.15, 0.2) is 9.21 Å². The van der Waals surface area contributed by atoms with Crippen molar-refractivity contribution in [3.05, 3.63) is 22.0 Å². The topological polar surface area (TPSA) is 46.0 Å². The van der Waals surface area contributed by atoms with E-state index in [2.05, 4.69) is 4.98 Å². The van der Waals surface area contributed by atoms with Gasteiger partial charge in [0.25, 0.3) is 0 Å². The van der Waals surface area contributed by atoms with E-state index in [1.807, 2.05) is 0 Å². The highest BCUT2D eigenvalue weighted by Crippen LogP contribution is 2.39. The molecule has 100 valence electrons. The Morgan fingerprint density at radius 1 is 0.833 bits per heavy atom. The minimum Gasteiger partial charge on any atom is -0.412 e. The molecule has 0 spiro atoms. The predicted octanol–water partition coefficient (Wildman–Crippen LogP) is 4.06. The van der Waals surface area contributed by atoms with Gasteiger partial charge < -0.3 is 4.42 Å². The minimum absolute atomic E-state index is 0.240. The average molecular weight is 249 g/mol. The molecule has 0 aromatic carbocycles. The molecule has 1 aromatic rings. The molecule has 18 heavy (non-hydrogen) atoms. The summed E-state index contributed by atoms with van der Waals surface area (Å²) in [7, 11) is 0. The van der Waals surface area contributed by atoms with Crippen LogP contribution < -0.4 is 5.76 Å². The monoisotopic (exact) mass is 249 g/mol. The van der Waals surface area contributed by atoms with Crippen LogP contribution in [0.1, 0.15) is 87.5 Å². The molecule has 1 heterocycles. The summed E-state index contributed by atoms with van der Waals surface area (Å²) < 4.78 is 5.50. The van der Waals surface area contributed by atoms with Crippen molar-refractivity contribution >= 4 is 0 Å². The summed E-state index contributed by atoms with van der Waals surface area (Å²) in [6.45, 7) is 0. The smallest absolute Gasteiger partial charge is 0.412 e. The van der Waals surface area contributed by atoms with Gasteiger partial charge >= 0.3 is 5.76 Å². The van der Waals surface area contributed by atoms with E-state index < -0.39 is 0 Å². The SMILES string of the molecule is O=c1[nH]c(C2CCCCC2)c(C2CCCCC2)o1. The number of oxazole rings is 1. The zero-order valence-corrected chi connectivity index (χ0v) is 11.0. The number of nitrogens with one attached hydrogen (secondary N) is 1. The minimum atomic E-state index is -0.240. The lowest BCUT2D eigenvalue weighted by Crippen LogP contribution is -2.11. The van der Waals surface area contributed by atoms with Gasteiger partial charge in [-0.1, -0.05) is 38.5 Å². The Morgan fingerprint density at radius 2 is 1.39 bits per heavy atom. The van der Waals surface area contributed by atoms with Crippen molar-refractivity contribution in [3.63, 3.8) is 0 Å². The van der Waals surface area contributed by atoms with Crippen LogP contribution in [0.25, 0.3) is 0 Å². The molecule has 2 aliphatic carbocycles. The van der Waals surface area contributed by atoms with Crippen molar-refractivity contribution in [2.75, 3.05) is 0 Å². The Kier molecular flexibility index (Phi) is 3.57. The first kappa shape index (κ1) is 12.1. The lowest BCUT2D eigenvalue weighted by Gasteiger charge is -2.25. The molecule has 0 unspecified atom stereocenters. The lowest BCUT2D eigenvalue weighted by molar-refractivity contribution is 0.353. The van der Waals surface area contributed by atoms with Crippen molar-refractivity contribution in [2.24, 2.45) is 0 Å². The highest BCUT2D eigenvalue weighted by molar-refractivity contribution is 5.18. The van der Waals surface area contributed by atoms with Gasteiger partial charge in [-0.05, 0) is 25.7 Å². The van der Waals surface area contributed by atoms with Gasteiger partial charge in [-0.2, -0.15) is 0 Å². The molecular weight excluding hydrogens is 226 g/mol. The number of rotatable bonds is 2. The third-order valence-corrected chi connectivity index (χ3v) is 4.69. The number of H-pyrrole nitrogens is 1. The molecule has 1 N–H and O–H groups in total. The fourth-order valence-corrected chi connectivity index (χ4v) is 3.71. The van der Waals surface area contributed by atoms with E-state index >= 15 is 0 Å². The van der Waals surface area contributed by atoms with Gasteiger partial charge in [-0.3, -0.25) is 4.98 Å². The van der Waals surface area contributed by atoms with E-state index in [4.69, 9.17) is 4.42 Å². The van der Waals surface area contributed by atoms with Gasteiger partial charge in [0.05, 0.1) is 5.69 Å². The van der Waals surface area contributed by atoms with Gasteiger partial charge in [0.2, 0.25) is 0 Å². The van der Waals surface area contributed by atoms with Gasteiger partial charge in [0, 0.05) is 11.8 Å². The van der Waals surface area contributed by atoms with Crippen LogP contribution in [-0.4, -0.2) is 4.98 Å². The summed E-state index contributed by atoms with van der Waals surface area (Å²) >= 11 is 0. The summed E-state index contributed by atoms with van der Waals surface area (Å²) in [6, 6.07) is 0. The molecule has 0 radical (unpaired) electrons. The normalized spacial score (nSPS) is 23.3. The van der Waals surface area contributed by atoms with Crippen LogP contribution in [0.5, 0.6) is 0 Å². The third-order valence-electron chi connectivity index (χ3n) is 4.69. The summed E-state index contributed by atoms with van der Waals surface area (Å²) in [5.74, 6) is 1.81. The van der Waals surface area contributed by atoms with Gasteiger partial charge in [-0.15, -0.1) is 0 Å². The second-order valence-electron chi connectivity index (χ2n) is 5.96. The quantitative estimate of drug-likeness (QED) is 0.859. The second-order valence-corrected chi connectivity index (χ2v) is 5.96. The highest BCUT2D eigenvalue weighted by Gasteiger charge is 2.28. The maximum atomic E-state index is 11.6. The van der Waals surface area contributed by atoms with Gasteiger partial charge in [0.1, 0.15) is 5.76 Å². The Morgan fingerprint density at radius 3 is 2.00 bits per heavy atom. The van der Waals surface area contributed by atoms with Crippen molar-refractivity contribution < 1.29 is 4.42 Å². The van der Waals surface area contributed by atoms with Crippen LogP contribution in [0.2, 0.25) is 0 Å². The van der Waals surface area contributed by atoms with Gasteiger partial charge in [0.15, 0.2) is 0 Å². The van der Waals surface area contributed by atoms with Crippen molar-refractivity contribution in [3.8, 4) is 0 Å². The van der Waals surface area contributed by atoms with Crippen molar-refractivity contribution in [1.29, 1.82) is 0 Å². The predicted molar refractivity (Wildman–Crippen MR) is 71.0 cm³/mol. The highest BCUT2D eigenvalue weighted by atomic mass is 16.4. The molecule has 3 heteroatoms. The number of aromatic amines is 1. The maximum Gasteiger partial charge on any atom is 0.416 e. The molecule has 0 aliphatic heterocycles. The first-order valence-electron chi connectivity index (χ1n) is 7.57. The molecular formula is C15H23NO2. The van der Waals surface area contributed by atoms with Crippen LogP contribution in [0.3, 0.4) is 0 Å². The molecule has 0 amide bonds. The zero-order chi connectivity index (χ0) is 12.4. The first-order chi connectivity index (χ1) is 8.84. The standard InChI is InChI=1S/C15H23NO2/c17-15-16-13(11-7-3-1-4-8-11)14(18-15)12-9-5-2-6-10-12/h11-12H,1-10H2,(H,16,17). The van der Waals surface area contributed by atoms with Crippen LogP contribution in [0.4, 0.5) is 0 Å². The largest absolute Gasteiger partial charge is 0.416 e. The van der Waals surface area contributed by atoms with E-state index in [-0.39, 0.29) is 5.76 Å². The molecule has 2 saturated carbocycles. The fourth-order valence-electron chi connectivity index (χ4n) is 3.71. The number of hydrogen-bond acceptors (Lipinski definition) is 2. The number of aromatic nitrogens is 1. The van der Waals surface area contributed by atoms with E-state index in [0.29, 0.717) is 11.8 Å². The van der Waals surface area contributed by atoms with E-state index in [9.17, 15) is 4.79 Å². The lowest BCUT2D eigenvalue weighted by atomic mass is 9.81. The van der Waals surface area contributed by atoms with E-state index in [1.54, 1.807) is 0 Å². The second kappa shape index (κ2) is 5.33. The Balaban J connectivity index is 1.85. The van der Waals surface area contributed by atoms with Crippen LogP contribution in [0, 0.1) is 0 Å². The van der Waals surface area contributed by atoms with Gasteiger partial charge in [-0.25, -0.2) is 4.79 Å². The molecule has 3 rings (SSSR count). The van der Waals surface area contributed by atoms with Crippen molar-refractivity contribution in [2.45, 2.75) is 76.0 Å². The molecule has 3 nitrogen and oxygen atoms in total. The molecule has 0 atom stereocenters. The van der Waals surface area contributed by atoms with Crippen LogP contribution in [-0.2, 0) is 0 Å². The molecule has 2 aliphatic rings. The fraction of sp³-hybridized carbons (Fsp3) is 0.800. The third kappa shape index (κ3) is 2.40. The molecule has 2 fully saturated rings. The zero-order valence-electron chi connectivity index (χ0n) is 11.0. The Bertz CT molecular complexity index is 395. The Hall–Kier alpha value is -0.990. The summed E-state index contributed by atoms with van der Waals surface area (Å²) in [5, 5.41) is 0. The summed E-state index contributed by atoms with van der Waals surface area (Å²) in [4.78, 5) is 14.6. The Labute approximate surface area is 108 Å². The maximum absolute atomic E-state index is 11.6. The van der Waals surface area contributed by atoms with E-state index in [0.717, 1.165) is 11.5 Å². The van der Waals surface area contributed by atoms with Crippen molar-refractivity contribution in [1.82, 2.24) is 4.98 Å². The number of hydrogen-bond donors (Lipinski definition) is 1.